The molecule has 5 heteroatoms. The molecule has 0 radical (unpaired) electrons. The van der Waals surface area contributed by atoms with Crippen LogP contribution in [0.5, 0.6) is 0 Å². The maximum absolute atomic E-state index is 11.6. The smallest absolute Gasteiger partial charge is 0.137 e. The lowest BCUT2D eigenvalue weighted by molar-refractivity contribution is -0.119. The van der Waals surface area contributed by atoms with Crippen LogP contribution in [-0.2, 0) is 4.79 Å². The summed E-state index contributed by atoms with van der Waals surface area (Å²) in [5, 5.41) is 5.48. The number of Topliss-reactive ketones (excluding diaryl/α,β-unsaturated/α-hetero) is 1. The molecule has 3 aromatic heterocycles. The van der Waals surface area contributed by atoms with E-state index in [4.69, 9.17) is 0 Å². The van der Waals surface area contributed by atoms with E-state index >= 15 is 0 Å². The number of rotatable bonds is 5. The van der Waals surface area contributed by atoms with Gasteiger partial charge in [-0.05, 0) is 24.6 Å². The Balaban J connectivity index is 1.91. The van der Waals surface area contributed by atoms with Gasteiger partial charge >= 0.3 is 0 Å². The van der Waals surface area contributed by atoms with Crippen molar-refractivity contribution in [2.24, 2.45) is 0 Å². The second-order valence-corrected chi connectivity index (χ2v) is 5.25. The number of carbonyl (C=O) groups excluding carboxylic acids is 1. The molecule has 0 aliphatic rings. The minimum Gasteiger partial charge on any atom is -0.346 e. The Hall–Kier alpha value is -2.43. The lowest BCUT2D eigenvalue weighted by atomic mass is 10.1. The molecule has 5 nitrogen and oxygen atoms in total. The predicted octanol–water partition coefficient (Wildman–Crippen LogP) is 3.36. The molecule has 0 saturated heterocycles. The summed E-state index contributed by atoms with van der Waals surface area (Å²) in [6.07, 6.45) is 8.61. The van der Waals surface area contributed by atoms with Crippen LogP contribution in [0.3, 0.4) is 0 Å². The number of fused-ring (bicyclic) bond motifs is 1. The highest BCUT2D eigenvalue weighted by Crippen LogP contribution is 2.27. The van der Waals surface area contributed by atoms with E-state index < -0.39 is 0 Å². The average molecular weight is 282 g/mol. The van der Waals surface area contributed by atoms with Gasteiger partial charge < -0.3 is 4.98 Å². The van der Waals surface area contributed by atoms with Gasteiger partial charge in [-0.15, -0.1) is 0 Å². The van der Waals surface area contributed by atoms with Gasteiger partial charge in [0.05, 0.1) is 12.2 Å². The van der Waals surface area contributed by atoms with Crippen LogP contribution in [0.1, 0.15) is 32.7 Å². The zero-order valence-corrected chi connectivity index (χ0v) is 12.2. The molecule has 0 saturated carbocycles. The van der Waals surface area contributed by atoms with Crippen LogP contribution in [0.4, 0.5) is 0 Å². The normalized spacial score (nSPS) is 12.7. The maximum atomic E-state index is 11.6. The molecule has 0 aliphatic carbocycles. The minimum atomic E-state index is 0.0785. The third-order valence-electron chi connectivity index (χ3n) is 3.74. The topological polar surface area (TPSA) is 63.6 Å². The summed E-state index contributed by atoms with van der Waals surface area (Å²) in [6.45, 7) is 3.91. The molecule has 0 bridgehead atoms. The fourth-order valence-electron chi connectivity index (χ4n) is 2.50. The van der Waals surface area contributed by atoms with Gasteiger partial charge in [0.25, 0.3) is 0 Å². The summed E-state index contributed by atoms with van der Waals surface area (Å²) >= 11 is 0. The molecule has 1 unspecified atom stereocenters. The van der Waals surface area contributed by atoms with Crippen molar-refractivity contribution in [3.63, 3.8) is 0 Å². The second-order valence-electron chi connectivity index (χ2n) is 5.25. The van der Waals surface area contributed by atoms with Crippen molar-refractivity contribution in [1.29, 1.82) is 0 Å². The van der Waals surface area contributed by atoms with Gasteiger partial charge in [0.1, 0.15) is 11.4 Å². The van der Waals surface area contributed by atoms with Gasteiger partial charge in [-0.2, -0.15) is 5.10 Å². The number of aromatic nitrogens is 4. The van der Waals surface area contributed by atoms with E-state index in [0.717, 1.165) is 22.2 Å². The third kappa shape index (κ3) is 2.59. The van der Waals surface area contributed by atoms with Crippen molar-refractivity contribution in [3.05, 3.63) is 36.9 Å². The molecule has 1 atom stereocenters. The Kier molecular flexibility index (Phi) is 3.56. The Morgan fingerprint density at radius 1 is 1.43 bits per heavy atom. The fraction of sp³-hybridized carbons (Fsp3) is 0.312. The molecule has 21 heavy (non-hydrogen) atoms. The highest BCUT2D eigenvalue weighted by atomic mass is 16.1. The third-order valence-corrected chi connectivity index (χ3v) is 3.74. The molecule has 0 spiro atoms. The number of H-pyrrole nitrogens is 1. The van der Waals surface area contributed by atoms with Gasteiger partial charge in [0.2, 0.25) is 0 Å². The molecule has 0 amide bonds. The Labute approximate surface area is 123 Å². The van der Waals surface area contributed by atoms with E-state index in [1.165, 1.54) is 0 Å². The van der Waals surface area contributed by atoms with Crippen molar-refractivity contribution in [2.45, 2.75) is 32.7 Å². The first-order valence-electron chi connectivity index (χ1n) is 7.17. The number of aromatic amines is 1. The summed E-state index contributed by atoms with van der Waals surface area (Å²) in [5.74, 6) is 0.261. The first-order chi connectivity index (χ1) is 10.2. The number of carbonyl (C=O) groups is 1. The number of hydrogen-bond donors (Lipinski definition) is 1. The van der Waals surface area contributed by atoms with Crippen LogP contribution in [0.2, 0.25) is 0 Å². The molecule has 0 aliphatic heterocycles. The summed E-state index contributed by atoms with van der Waals surface area (Å²) in [4.78, 5) is 19.0. The highest BCUT2D eigenvalue weighted by Gasteiger charge is 2.13. The van der Waals surface area contributed by atoms with Gasteiger partial charge in [0.15, 0.2) is 0 Å². The molecule has 3 heterocycles. The SMILES string of the molecule is CCC(=O)CC(C)n1cc(-c2ccnc3[nH]ccc23)cn1. The monoisotopic (exact) mass is 282 g/mol. The standard InChI is InChI=1S/C16H18N4O/c1-3-13(21)8-11(2)20-10-12(9-19-20)14-4-6-17-16-15(14)5-7-18-16/h4-7,9-11H,3,8H2,1-2H3,(H,17,18). The molecular weight excluding hydrogens is 264 g/mol. The fourth-order valence-corrected chi connectivity index (χ4v) is 2.50. The van der Waals surface area contributed by atoms with Gasteiger partial charge in [-0.1, -0.05) is 6.92 Å². The molecular formula is C16H18N4O. The number of ketones is 1. The minimum absolute atomic E-state index is 0.0785. The lowest BCUT2D eigenvalue weighted by Gasteiger charge is -2.10. The number of hydrogen-bond acceptors (Lipinski definition) is 3. The van der Waals surface area contributed by atoms with Crippen LogP contribution in [-0.4, -0.2) is 25.5 Å². The Bertz CT molecular complexity index is 771. The van der Waals surface area contributed by atoms with Crippen LogP contribution >= 0.6 is 0 Å². The zero-order chi connectivity index (χ0) is 14.8. The Morgan fingerprint density at radius 3 is 3.10 bits per heavy atom. The average Bonchev–Trinajstić information content (AvgIpc) is 3.15. The summed E-state index contributed by atoms with van der Waals surface area (Å²) < 4.78 is 1.86. The summed E-state index contributed by atoms with van der Waals surface area (Å²) in [5.41, 5.74) is 3.01. The molecule has 0 fully saturated rings. The van der Waals surface area contributed by atoms with Crippen LogP contribution < -0.4 is 0 Å². The van der Waals surface area contributed by atoms with E-state index in [1.807, 2.05) is 49.3 Å². The molecule has 108 valence electrons. The van der Waals surface area contributed by atoms with Crippen molar-refractivity contribution in [1.82, 2.24) is 19.7 Å². The second kappa shape index (κ2) is 5.52. The molecule has 0 aromatic carbocycles. The summed E-state index contributed by atoms with van der Waals surface area (Å²) in [6, 6.07) is 4.08. The zero-order valence-electron chi connectivity index (χ0n) is 12.2. The quantitative estimate of drug-likeness (QED) is 0.780. The summed E-state index contributed by atoms with van der Waals surface area (Å²) in [7, 11) is 0. The van der Waals surface area contributed by atoms with Crippen molar-refractivity contribution >= 4 is 16.8 Å². The van der Waals surface area contributed by atoms with Crippen LogP contribution in [0.15, 0.2) is 36.9 Å². The van der Waals surface area contributed by atoms with Crippen molar-refractivity contribution in [3.8, 4) is 11.1 Å². The van der Waals surface area contributed by atoms with Crippen molar-refractivity contribution < 1.29 is 4.79 Å². The van der Waals surface area contributed by atoms with E-state index in [0.29, 0.717) is 12.8 Å². The van der Waals surface area contributed by atoms with Gasteiger partial charge in [-0.3, -0.25) is 9.48 Å². The first-order valence-corrected chi connectivity index (χ1v) is 7.17. The largest absolute Gasteiger partial charge is 0.346 e. The molecule has 1 N–H and O–H groups in total. The van der Waals surface area contributed by atoms with Gasteiger partial charge in [-0.25, -0.2) is 4.98 Å². The molecule has 3 rings (SSSR count). The lowest BCUT2D eigenvalue weighted by Crippen LogP contribution is -2.10. The number of nitrogens with zero attached hydrogens (tertiary/aromatic N) is 3. The Morgan fingerprint density at radius 2 is 2.29 bits per heavy atom. The number of pyridine rings is 1. The highest BCUT2D eigenvalue weighted by molar-refractivity contribution is 5.92. The molecule has 3 aromatic rings. The predicted molar refractivity (Wildman–Crippen MR) is 81.9 cm³/mol. The first kappa shape index (κ1) is 13.5. The van der Waals surface area contributed by atoms with Gasteiger partial charge in [0, 0.05) is 42.4 Å². The number of nitrogens with one attached hydrogen (secondary N) is 1. The van der Waals surface area contributed by atoms with E-state index in [9.17, 15) is 4.79 Å². The van der Waals surface area contributed by atoms with Crippen LogP contribution in [0, 0.1) is 0 Å². The van der Waals surface area contributed by atoms with Crippen molar-refractivity contribution in [2.75, 3.05) is 0 Å². The van der Waals surface area contributed by atoms with E-state index in [-0.39, 0.29) is 11.8 Å². The van der Waals surface area contributed by atoms with E-state index in [2.05, 4.69) is 15.1 Å². The maximum Gasteiger partial charge on any atom is 0.137 e. The van der Waals surface area contributed by atoms with E-state index in [1.54, 1.807) is 6.20 Å². The van der Waals surface area contributed by atoms with Crippen LogP contribution in [0.25, 0.3) is 22.2 Å².